The van der Waals surface area contributed by atoms with Crippen molar-refractivity contribution in [2.75, 3.05) is 50.1 Å². The molecule has 7 nitrogen and oxygen atoms in total. The molecular formula is C29H32N6O. The van der Waals surface area contributed by atoms with Crippen LogP contribution in [-0.4, -0.2) is 66.6 Å². The van der Waals surface area contributed by atoms with Crippen LogP contribution in [0.1, 0.15) is 18.4 Å². The van der Waals surface area contributed by atoms with E-state index in [4.69, 9.17) is 19.7 Å². The van der Waals surface area contributed by atoms with Crippen LogP contribution in [-0.2, 0) is 11.3 Å². The molecule has 7 heteroatoms. The molecule has 3 aliphatic heterocycles. The van der Waals surface area contributed by atoms with Gasteiger partial charge in [0.1, 0.15) is 11.7 Å². The number of ether oxygens (including phenoxy) is 1. The average Bonchev–Trinajstić information content (AvgIpc) is 3.63. The number of anilines is 2. The van der Waals surface area contributed by atoms with E-state index in [0.717, 1.165) is 74.4 Å². The Labute approximate surface area is 212 Å². The van der Waals surface area contributed by atoms with Gasteiger partial charge in [0.15, 0.2) is 0 Å². The summed E-state index contributed by atoms with van der Waals surface area (Å²) in [6.45, 7) is 5.21. The predicted octanol–water partition coefficient (Wildman–Crippen LogP) is 4.40. The minimum absolute atomic E-state index is 0.299. The second kappa shape index (κ2) is 10.2. The summed E-state index contributed by atoms with van der Waals surface area (Å²) in [4.78, 5) is 19.6. The van der Waals surface area contributed by atoms with Crippen molar-refractivity contribution in [3.8, 4) is 11.3 Å². The highest BCUT2D eigenvalue weighted by molar-refractivity contribution is 6.10. The number of amidine groups is 1. The number of rotatable bonds is 7. The van der Waals surface area contributed by atoms with E-state index in [2.05, 4.69) is 57.6 Å². The third kappa shape index (κ3) is 4.76. The molecule has 3 aromatic rings. The Morgan fingerprint density at radius 3 is 2.61 bits per heavy atom. The van der Waals surface area contributed by atoms with Gasteiger partial charge in [-0.1, -0.05) is 60.7 Å². The van der Waals surface area contributed by atoms with E-state index in [0.29, 0.717) is 12.6 Å². The molecule has 1 N–H and O–H groups in total. The highest BCUT2D eigenvalue weighted by Crippen LogP contribution is 2.30. The van der Waals surface area contributed by atoms with E-state index < -0.39 is 0 Å². The summed E-state index contributed by atoms with van der Waals surface area (Å²) < 4.78 is 5.49. The summed E-state index contributed by atoms with van der Waals surface area (Å²) in [5.41, 5.74) is 6.05. The molecule has 36 heavy (non-hydrogen) atoms. The van der Waals surface area contributed by atoms with Crippen molar-refractivity contribution >= 4 is 17.6 Å². The molecule has 1 aromatic heterocycles. The number of hydrogen-bond acceptors (Lipinski definition) is 7. The molecule has 2 aromatic carbocycles. The van der Waals surface area contributed by atoms with Crippen LogP contribution >= 0.6 is 0 Å². The SMILES string of the molecule is COC[C@@H]1CCCN1c1nc(NC2=NCC3=C2CN(Cc2ccccc2)C3)cc(-c2ccccc2)n1. The third-order valence-electron chi connectivity index (χ3n) is 7.21. The Hall–Kier alpha value is -3.55. The molecule has 0 bridgehead atoms. The number of aliphatic imine (C=N–C) groups is 1. The van der Waals surface area contributed by atoms with Crippen molar-refractivity contribution in [1.29, 1.82) is 0 Å². The van der Waals surface area contributed by atoms with E-state index in [1.54, 1.807) is 7.11 Å². The van der Waals surface area contributed by atoms with Crippen LogP contribution in [0.5, 0.6) is 0 Å². The lowest BCUT2D eigenvalue weighted by Crippen LogP contribution is -2.34. The maximum absolute atomic E-state index is 5.49. The summed E-state index contributed by atoms with van der Waals surface area (Å²) in [6, 6.07) is 23.3. The molecule has 3 aliphatic rings. The third-order valence-corrected chi connectivity index (χ3v) is 7.21. The van der Waals surface area contributed by atoms with Crippen molar-refractivity contribution in [2.24, 2.45) is 4.99 Å². The maximum atomic E-state index is 5.49. The van der Waals surface area contributed by atoms with Gasteiger partial charge in [0, 0.05) is 50.5 Å². The Balaban J connectivity index is 1.25. The van der Waals surface area contributed by atoms with Gasteiger partial charge < -0.3 is 15.0 Å². The summed E-state index contributed by atoms with van der Waals surface area (Å²) in [5, 5.41) is 3.57. The molecule has 0 spiro atoms. The number of hydrogen-bond donors (Lipinski definition) is 1. The second-order valence-electron chi connectivity index (χ2n) is 9.75. The van der Waals surface area contributed by atoms with Crippen molar-refractivity contribution < 1.29 is 4.74 Å². The van der Waals surface area contributed by atoms with Gasteiger partial charge in [-0.2, -0.15) is 4.98 Å². The van der Waals surface area contributed by atoms with Crippen LogP contribution in [0.3, 0.4) is 0 Å². The number of benzene rings is 2. The summed E-state index contributed by atoms with van der Waals surface area (Å²) in [6.07, 6.45) is 2.21. The molecule has 6 rings (SSSR count). The van der Waals surface area contributed by atoms with E-state index in [1.807, 2.05) is 24.3 Å². The van der Waals surface area contributed by atoms with E-state index in [1.165, 1.54) is 16.7 Å². The molecule has 4 heterocycles. The summed E-state index contributed by atoms with van der Waals surface area (Å²) >= 11 is 0. The molecule has 0 unspecified atom stereocenters. The highest BCUT2D eigenvalue weighted by atomic mass is 16.5. The maximum Gasteiger partial charge on any atom is 0.228 e. The van der Waals surface area contributed by atoms with Crippen LogP contribution in [0.15, 0.2) is 82.9 Å². The molecular weight excluding hydrogens is 448 g/mol. The van der Waals surface area contributed by atoms with Gasteiger partial charge in [-0.3, -0.25) is 9.89 Å². The first-order valence-electron chi connectivity index (χ1n) is 12.8. The predicted molar refractivity (Wildman–Crippen MR) is 144 cm³/mol. The molecule has 184 valence electrons. The largest absolute Gasteiger partial charge is 0.383 e. The van der Waals surface area contributed by atoms with Crippen molar-refractivity contribution in [1.82, 2.24) is 14.9 Å². The summed E-state index contributed by atoms with van der Waals surface area (Å²) in [5.74, 6) is 2.48. The molecule has 1 fully saturated rings. The van der Waals surface area contributed by atoms with Gasteiger partial charge in [0.05, 0.1) is 24.9 Å². The lowest BCUT2D eigenvalue weighted by molar-refractivity contribution is 0.180. The van der Waals surface area contributed by atoms with Crippen LogP contribution in [0.2, 0.25) is 0 Å². The Morgan fingerprint density at radius 2 is 1.81 bits per heavy atom. The zero-order valence-electron chi connectivity index (χ0n) is 20.7. The average molecular weight is 481 g/mol. The summed E-state index contributed by atoms with van der Waals surface area (Å²) in [7, 11) is 1.76. The van der Waals surface area contributed by atoms with Gasteiger partial charge >= 0.3 is 0 Å². The minimum atomic E-state index is 0.299. The quantitative estimate of drug-likeness (QED) is 0.541. The zero-order valence-corrected chi connectivity index (χ0v) is 20.7. The lowest BCUT2D eigenvalue weighted by atomic mass is 10.1. The van der Waals surface area contributed by atoms with Gasteiger partial charge in [-0.15, -0.1) is 0 Å². The molecule has 0 saturated carbocycles. The van der Waals surface area contributed by atoms with Crippen molar-refractivity contribution in [3.63, 3.8) is 0 Å². The standard InChI is InChI=1S/C29H32N6O/c1-36-20-24-13-8-14-35(24)29-31-26(22-11-6-3-7-12-22)15-27(33-29)32-28-25-19-34(18-23(25)16-30-28)17-21-9-4-2-5-10-21/h2-7,9-12,15,24H,8,13-14,16-20H2,1H3,(H,30,31,32,33)/t24-/m0/s1. The first kappa shape index (κ1) is 22.9. The van der Waals surface area contributed by atoms with E-state index in [-0.39, 0.29) is 0 Å². The second-order valence-corrected chi connectivity index (χ2v) is 9.75. The van der Waals surface area contributed by atoms with Gasteiger partial charge in [0.25, 0.3) is 0 Å². The van der Waals surface area contributed by atoms with Crippen LogP contribution in [0.4, 0.5) is 11.8 Å². The lowest BCUT2D eigenvalue weighted by Gasteiger charge is -2.25. The number of nitrogens with zero attached hydrogens (tertiary/aromatic N) is 5. The highest BCUT2D eigenvalue weighted by Gasteiger charge is 2.30. The van der Waals surface area contributed by atoms with Crippen LogP contribution < -0.4 is 10.2 Å². The Kier molecular flexibility index (Phi) is 6.49. The topological polar surface area (TPSA) is 65.9 Å². The van der Waals surface area contributed by atoms with Gasteiger partial charge in [-0.25, -0.2) is 4.98 Å². The molecule has 0 aliphatic carbocycles. The van der Waals surface area contributed by atoms with E-state index >= 15 is 0 Å². The smallest absolute Gasteiger partial charge is 0.228 e. The fourth-order valence-electron chi connectivity index (χ4n) is 5.45. The molecule has 1 saturated heterocycles. The first-order chi connectivity index (χ1) is 17.8. The molecule has 1 atom stereocenters. The minimum Gasteiger partial charge on any atom is -0.383 e. The van der Waals surface area contributed by atoms with Gasteiger partial charge in [0.2, 0.25) is 5.95 Å². The Bertz CT molecular complexity index is 1270. The first-order valence-corrected chi connectivity index (χ1v) is 12.8. The van der Waals surface area contributed by atoms with Crippen LogP contribution in [0.25, 0.3) is 11.3 Å². The molecule has 0 amide bonds. The van der Waals surface area contributed by atoms with Gasteiger partial charge in [-0.05, 0) is 24.0 Å². The van der Waals surface area contributed by atoms with Crippen LogP contribution in [0, 0.1) is 0 Å². The number of methoxy groups -OCH3 is 1. The van der Waals surface area contributed by atoms with Crippen molar-refractivity contribution in [2.45, 2.75) is 25.4 Å². The fourth-order valence-corrected chi connectivity index (χ4v) is 5.45. The Morgan fingerprint density at radius 1 is 1.00 bits per heavy atom. The monoisotopic (exact) mass is 480 g/mol. The van der Waals surface area contributed by atoms with Crippen molar-refractivity contribution in [3.05, 3.63) is 83.4 Å². The fraction of sp³-hybridized carbons (Fsp3) is 0.345. The number of aromatic nitrogens is 2. The normalized spacial score (nSPS) is 19.6. The van der Waals surface area contributed by atoms with E-state index in [9.17, 15) is 0 Å². The molecule has 0 radical (unpaired) electrons. The number of nitrogens with one attached hydrogen (secondary N) is 1. The zero-order chi connectivity index (χ0) is 24.3.